The molecule has 12 heavy (non-hydrogen) atoms. The number of hydrogen-bond donors (Lipinski definition) is 2. The van der Waals surface area contributed by atoms with Crippen LogP contribution in [0.1, 0.15) is 10.4 Å². The maximum absolute atomic E-state index is 12.7. The van der Waals surface area contributed by atoms with Gasteiger partial charge < -0.3 is 0 Å². The highest BCUT2D eigenvalue weighted by Gasteiger charge is 2.15. The van der Waals surface area contributed by atoms with Crippen molar-refractivity contribution in [1.82, 2.24) is 5.48 Å². The number of benzene rings is 1. The number of hydrogen-bond acceptors (Lipinski definition) is 2. The van der Waals surface area contributed by atoms with Gasteiger partial charge in [-0.25, -0.2) is 14.3 Å². The molecule has 1 amide bonds. The van der Waals surface area contributed by atoms with Crippen molar-refractivity contribution in [3.63, 3.8) is 0 Å². The molecular weight excluding hydrogens is 168 g/mol. The largest absolute Gasteiger partial charge is 0.288 e. The molecule has 64 valence electrons. The second-order valence-corrected chi connectivity index (χ2v) is 2.04. The monoisotopic (exact) mass is 173 g/mol. The summed E-state index contributed by atoms with van der Waals surface area (Å²) in [7, 11) is 0. The van der Waals surface area contributed by atoms with Crippen LogP contribution in [0.3, 0.4) is 0 Å². The normalized spacial score (nSPS) is 9.58. The molecule has 0 fully saturated rings. The molecule has 0 heterocycles. The first-order valence-corrected chi connectivity index (χ1v) is 3.05. The van der Waals surface area contributed by atoms with Gasteiger partial charge in [0.05, 0.1) is 0 Å². The number of hydroxylamine groups is 1. The Bertz CT molecular complexity index is 294. The summed E-state index contributed by atoms with van der Waals surface area (Å²) in [6.07, 6.45) is 0. The zero-order valence-corrected chi connectivity index (χ0v) is 5.84. The van der Waals surface area contributed by atoms with Gasteiger partial charge in [-0.1, -0.05) is 6.07 Å². The fourth-order valence-corrected chi connectivity index (χ4v) is 0.771. The predicted molar refractivity (Wildman–Crippen MR) is 35.6 cm³/mol. The number of halogens is 2. The van der Waals surface area contributed by atoms with E-state index < -0.39 is 23.1 Å². The number of nitrogens with one attached hydrogen (secondary N) is 1. The summed E-state index contributed by atoms with van der Waals surface area (Å²) in [5, 5.41) is 8.10. The van der Waals surface area contributed by atoms with Crippen molar-refractivity contribution in [2.45, 2.75) is 0 Å². The van der Waals surface area contributed by atoms with E-state index in [2.05, 4.69) is 0 Å². The second-order valence-electron chi connectivity index (χ2n) is 2.04. The molecule has 0 aromatic heterocycles. The Kier molecular flexibility index (Phi) is 2.35. The van der Waals surface area contributed by atoms with Crippen LogP contribution in [0.25, 0.3) is 0 Å². The average molecular weight is 173 g/mol. The Morgan fingerprint density at radius 1 is 1.33 bits per heavy atom. The SMILES string of the molecule is O=C(NO)c1c(F)cccc1F. The van der Waals surface area contributed by atoms with Crippen LogP contribution < -0.4 is 5.48 Å². The van der Waals surface area contributed by atoms with Crippen LogP contribution in [0, 0.1) is 11.6 Å². The molecule has 0 saturated heterocycles. The summed E-state index contributed by atoms with van der Waals surface area (Å²) >= 11 is 0. The maximum Gasteiger partial charge on any atom is 0.280 e. The topological polar surface area (TPSA) is 49.3 Å². The Hall–Kier alpha value is -1.49. The minimum absolute atomic E-state index is 0.792. The van der Waals surface area contributed by atoms with Crippen molar-refractivity contribution in [1.29, 1.82) is 0 Å². The summed E-state index contributed by atoms with van der Waals surface area (Å²) in [6.45, 7) is 0. The quantitative estimate of drug-likeness (QED) is 0.493. The second kappa shape index (κ2) is 3.27. The van der Waals surface area contributed by atoms with Gasteiger partial charge in [0.15, 0.2) is 0 Å². The lowest BCUT2D eigenvalue weighted by atomic mass is 10.2. The Balaban J connectivity index is 3.21. The van der Waals surface area contributed by atoms with E-state index in [1.54, 1.807) is 0 Å². The smallest absolute Gasteiger partial charge is 0.280 e. The van der Waals surface area contributed by atoms with E-state index in [0.717, 1.165) is 23.7 Å². The molecule has 0 radical (unpaired) electrons. The van der Waals surface area contributed by atoms with Crippen molar-refractivity contribution < 1.29 is 18.8 Å². The fraction of sp³-hybridized carbons (Fsp3) is 0. The molecule has 0 aliphatic rings. The molecule has 1 rings (SSSR count). The maximum atomic E-state index is 12.7. The molecule has 0 unspecified atom stereocenters. The van der Waals surface area contributed by atoms with E-state index in [4.69, 9.17) is 5.21 Å². The molecule has 0 saturated carbocycles. The van der Waals surface area contributed by atoms with Crippen LogP contribution in [-0.2, 0) is 0 Å². The molecule has 0 atom stereocenters. The molecule has 0 aliphatic carbocycles. The molecule has 0 bridgehead atoms. The summed E-state index contributed by atoms with van der Waals surface area (Å²) < 4.78 is 25.4. The lowest BCUT2D eigenvalue weighted by Crippen LogP contribution is -2.21. The van der Waals surface area contributed by atoms with Crippen LogP contribution in [-0.4, -0.2) is 11.1 Å². The van der Waals surface area contributed by atoms with Crippen LogP contribution in [0.4, 0.5) is 8.78 Å². The standard InChI is InChI=1S/C7H5F2NO2/c8-4-2-1-3-5(9)6(4)7(11)10-12/h1-3,12H,(H,10,11). The first-order chi connectivity index (χ1) is 5.66. The van der Waals surface area contributed by atoms with Gasteiger partial charge in [-0.05, 0) is 12.1 Å². The molecule has 5 heteroatoms. The highest BCUT2D eigenvalue weighted by molar-refractivity contribution is 5.93. The summed E-state index contributed by atoms with van der Waals surface area (Å²) in [4.78, 5) is 10.6. The molecule has 3 nitrogen and oxygen atoms in total. The minimum Gasteiger partial charge on any atom is -0.288 e. The summed E-state index contributed by atoms with van der Waals surface area (Å²) in [5.74, 6) is -3.23. The third-order valence-electron chi connectivity index (χ3n) is 1.29. The first kappa shape index (κ1) is 8.61. The Morgan fingerprint density at radius 2 is 1.83 bits per heavy atom. The highest BCUT2D eigenvalue weighted by Crippen LogP contribution is 2.10. The van der Waals surface area contributed by atoms with Crippen molar-refractivity contribution in [3.8, 4) is 0 Å². The van der Waals surface area contributed by atoms with Crippen LogP contribution >= 0.6 is 0 Å². The number of carbonyl (C=O) groups excluding carboxylic acids is 1. The molecule has 1 aromatic carbocycles. The van der Waals surface area contributed by atoms with Crippen LogP contribution in [0.15, 0.2) is 18.2 Å². The molecule has 0 spiro atoms. The predicted octanol–water partition coefficient (Wildman–Crippen LogP) is 1.08. The van der Waals surface area contributed by atoms with Gasteiger partial charge in [-0.15, -0.1) is 0 Å². The van der Waals surface area contributed by atoms with Crippen molar-refractivity contribution in [2.75, 3.05) is 0 Å². The van der Waals surface area contributed by atoms with Gasteiger partial charge in [0.1, 0.15) is 17.2 Å². The number of rotatable bonds is 1. The van der Waals surface area contributed by atoms with Gasteiger partial charge in [0, 0.05) is 0 Å². The third-order valence-corrected chi connectivity index (χ3v) is 1.29. The molecule has 2 N–H and O–H groups in total. The fourth-order valence-electron chi connectivity index (χ4n) is 0.771. The Labute approximate surface area is 66.6 Å². The van der Waals surface area contributed by atoms with Crippen LogP contribution in [0.5, 0.6) is 0 Å². The molecular formula is C7H5F2NO2. The van der Waals surface area contributed by atoms with Crippen molar-refractivity contribution >= 4 is 5.91 Å². The molecule has 1 aromatic rings. The first-order valence-electron chi connectivity index (χ1n) is 3.05. The van der Waals surface area contributed by atoms with E-state index in [-0.39, 0.29) is 0 Å². The lowest BCUT2D eigenvalue weighted by Gasteiger charge is -2.00. The summed E-state index contributed by atoms with van der Waals surface area (Å²) in [6, 6.07) is 2.97. The van der Waals surface area contributed by atoms with Gasteiger partial charge in [-0.2, -0.15) is 0 Å². The molecule has 0 aliphatic heterocycles. The van der Waals surface area contributed by atoms with Gasteiger partial charge in [0.2, 0.25) is 0 Å². The lowest BCUT2D eigenvalue weighted by molar-refractivity contribution is 0.0697. The number of amides is 1. The van der Waals surface area contributed by atoms with Gasteiger partial charge >= 0.3 is 0 Å². The minimum atomic E-state index is -1.20. The Morgan fingerprint density at radius 3 is 2.25 bits per heavy atom. The zero-order valence-electron chi connectivity index (χ0n) is 5.84. The zero-order chi connectivity index (χ0) is 9.14. The van der Waals surface area contributed by atoms with E-state index >= 15 is 0 Å². The van der Waals surface area contributed by atoms with Crippen molar-refractivity contribution in [2.24, 2.45) is 0 Å². The van der Waals surface area contributed by atoms with Crippen molar-refractivity contribution in [3.05, 3.63) is 35.4 Å². The highest BCUT2D eigenvalue weighted by atomic mass is 19.1. The summed E-state index contributed by atoms with van der Waals surface area (Å²) in [5.41, 5.74) is 0.352. The van der Waals surface area contributed by atoms with E-state index in [9.17, 15) is 13.6 Å². The third kappa shape index (κ3) is 1.40. The number of carbonyl (C=O) groups is 1. The van der Waals surface area contributed by atoms with E-state index in [1.807, 2.05) is 0 Å². The van der Waals surface area contributed by atoms with Gasteiger partial charge in [-0.3, -0.25) is 10.0 Å². The average Bonchev–Trinajstić information content (AvgIpc) is 2.03. The van der Waals surface area contributed by atoms with E-state index in [0.29, 0.717) is 0 Å². The van der Waals surface area contributed by atoms with E-state index in [1.165, 1.54) is 0 Å². The van der Waals surface area contributed by atoms with Gasteiger partial charge in [0.25, 0.3) is 5.91 Å². The van der Waals surface area contributed by atoms with Crippen LogP contribution in [0.2, 0.25) is 0 Å².